The summed E-state index contributed by atoms with van der Waals surface area (Å²) in [6.07, 6.45) is 36.1. The van der Waals surface area contributed by atoms with Crippen LogP contribution in [0.25, 0.3) is 0 Å². The van der Waals surface area contributed by atoms with Crippen LogP contribution in [0.1, 0.15) is 199 Å². The Morgan fingerprint density at radius 1 is 0.232 bits per heavy atom. The van der Waals surface area contributed by atoms with Crippen LogP contribution >= 0.6 is 0 Å². The third kappa shape index (κ3) is 25.9. The number of carbonyl (C=O) groups excluding carboxylic acids is 4. The van der Waals surface area contributed by atoms with E-state index in [1.54, 1.807) is 28.4 Å². The summed E-state index contributed by atoms with van der Waals surface area (Å²) in [5, 5.41) is 24.8. The van der Waals surface area contributed by atoms with Gasteiger partial charge in [-0.3, -0.25) is 0 Å². The first-order chi connectivity index (χ1) is 54.9. The first-order valence-electron chi connectivity index (χ1n) is 40.3. The van der Waals surface area contributed by atoms with E-state index in [2.05, 4.69) is 66.8 Å². The molecule has 0 spiro atoms. The van der Waals surface area contributed by atoms with E-state index < -0.39 is 24.1 Å². The van der Waals surface area contributed by atoms with Crippen molar-refractivity contribution in [2.24, 2.45) is 0 Å². The number of urea groups is 4. The standard InChI is InChI=1S/C92H112N8O12/c1-105-85-65-49-66-54-78-59-71(86(66)106-2)52-72-60-80-56-68(88(72)108-4)50-67-55-79(99-91(103)95-75-39-35-43-83(63-75)111-47-31-27-23-19-15-11-7-8-12-16-20-24-28-32-48-112-84-44-36-40-76(64-84)96-92(104)100-80)58-70(87(67)107-3)51-69(85)57-77(53-65)97-89(101)93-73-37-33-41-81(61-73)109-45-29-25-21-17-13-9-5-6-10-14-18-22-26-30-46-110-82-42-34-38-74(62-82)94-90(102)98-78/h5-8,33-44,53-64H,9-32,45-52H2,1-4H3,(H2,93,97,101)(H2,94,98,102)(H2,95,99,103)(H2,96,100,104)/b6-5+,8-7?. The van der Waals surface area contributed by atoms with Crippen LogP contribution in [0.3, 0.4) is 0 Å². The van der Waals surface area contributed by atoms with E-state index >= 15 is 0 Å². The van der Waals surface area contributed by atoms with Crippen LogP contribution in [0.5, 0.6) is 46.0 Å². The van der Waals surface area contributed by atoms with Gasteiger partial charge in [-0.1, -0.05) is 126 Å². The lowest BCUT2D eigenvalue weighted by atomic mass is 9.90. The minimum absolute atomic E-state index is 0.140. The molecule has 8 amide bonds. The molecule has 592 valence electrons. The molecule has 20 nitrogen and oxygen atoms in total. The number of ether oxygens (including phenoxy) is 8. The van der Waals surface area contributed by atoms with Crippen LogP contribution in [-0.2, 0) is 25.7 Å². The molecule has 0 saturated heterocycles. The van der Waals surface area contributed by atoms with Crippen LogP contribution in [0.15, 0.2) is 170 Å². The van der Waals surface area contributed by atoms with Gasteiger partial charge >= 0.3 is 24.1 Å². The number of rotatable bonds is 4. The maximum absolute atomic E-state index is 14.5. The van der Waals surface area contributed by atoms with Gasteiger partial charge in [-0.2, -0.15) is 0 Å². The number of anilines is 8. The van der Waals surface area contributed by atoms with E-state index in [4.69, 9.17) is 37.9 Å². The fraction of sp³-hybridized carbons (Fsp3) is 0.391. The van der Waals surface area contributed by atoms with E-state index in [1.807, 2.05) is 146 Å². The molecule has 0 radical (unpaired) electrons. The van der Waals surface area contributed by atoms with E-state index in [9.17, 15) is 19.2 Å². The van der Waals surface area contributed by atoms with Crippen molar-refractivity contribution < 1.29 is 57.1 Å². The summed E-state index contributed by atoms with van der Waals surface area (Å²) in [6, 6.07) is 42.5. The van der Waals surface area contributed by atoms with Gasteiger partial charge in [0.25, 0.3) is 0 Å². The predicted molar refractivity (Wildman–Crippen MR) is 451 cm³/mol. The molecule has 20 bridgehead atoms. The number of hydrogen-bond donors (Lipinski definition) is 8. The highest BCUT2D eigenvalue weighted by atomic mass is 16.5. The molecular formula is C92H112N8O12. The molecule has 1 aliphatic carbocycles. The minimum atomic E-state index is -0.504. The lowest BCUT2D eigenvalue weighted by Gasteiger charge is -2.23. The number of carbonyl (C=O) groups is 4. The van der Waals surface area contributed by atoms with Crippen molar-refractivity contribution in [2.75, 3.05) is 97.4 Å². The number of allylic oxidation sites excluding steroid dienone is 4. The summed E-state index contributed by atoms with van der Waals surface area (Å²) in [7, 11) is 6.43. The Balaban J connectivity index is 0.988. The lowest BCUT2D eigenvalue weighted by Crippen LogP contribution is -2.20. The van der Waals surface area contributed by atoms with Crippen molar-refractivity contribution in [3.63, 3.8) is 0 Å². The molecule has 0 unspecified atom stereocenters. The molecular weight excluding hydrogens is 1410 g/mol. The highest BCUT2D eigenvalue weighted by Gasteiger charge is 2.26. The maximum Gasteiger partial charge on any atom is 0.323 e. The Morgan fingerprint density at radius 2 is 0.420 bits per heavy atom. The highest BCUT2D eigenvalue weighted by molar-refractivity contribution is 6.02. The number of methoxy groups -OCH3 is 4. The van der Waals surface area contributed by atoms with Gasteiger partial charge in [-0.05, 0) is 174 Å². The topological polar surface area (TPSA) is 238 Å². The van der Waals surface area contributed by atoms with E-state index in [0.29, 0.717) is 162 Å². The predicted octanol–water partition coefficient (Wildman–Crippen LogP) is 23.0. The number of nitrogens with one attached hydrogen (secondary N) is 8. The number of amides is 8. The number of hydrogen-bond acceptors (Lipinski definition) is 12. The van der Waals surface area contributed by atoms with E-state index in [0.717, 1.165) is 103 Å². The lowest BCUT2D eigenvalue weighted by molar-refractivity contribution is 0.261. The Bertz CT molecular complexity index is 3830. The molecule has 8 aromatic carbocycles. The van der Waals surface area contributed by atoms with Gasteiger partial charge in [0, 0.05) is 140 Å². The van der Waals surface area contributed by atoms with Crippen LogP contribution in [0, 0.1) is 0 Å². The molecule has 0 atom stereocenters. The summed E-state index contributed by atoms with van der Waals surface area (Å²) in [5.41, 5.74) is 9.07. The maximum atomic E-state index is 14.5. The average Bonchev–Trinajstić information content (AvgIpc) is 0.772. The smallest absolute Gasteiger partial charge is 0.323 e. The molecule has 112 heavy (non-hydrogen) atoms. The van der Waals surface area contributed by atoms with Crippen LogP contribution in [0.2, 0.25) is 0 Å². The number of fused-ring (bicyclic) bond motifs is 16. The Kier molecular flexibility index (Phi) is 32.1. The second-order valence-electron chi connectivity index (χ2n) is 29.0. The van der Waals surface area contributed by atoms with Crippen molar-refractivity contribution >= 4 is 69.6 Å². The summed E-state index contributed by atoms with van der Waals surface area (Å²) >= 11 is 0. The molecule has 11 rings (SSSR count). The van der Waals surface area contributed by atoms with Gasteiger partial charge in [0.2, 0.25) is 0 Å². The molecule has 0 aromatic heterocycles. The second kappa shape index (κ2) is 43.9. The van der Waals surface area contributed by atoms with E-state index in [-0.39, 0.29) is 25.7 Å². The fourth-order valence-corrected chi connectivity index (χ4v) is 14.9. The normalized spacial score (nSPS) is 16.8. The van der Waals surface area contributed by atoms with Crippen LogP contribution in [-0.4, -0.2) is 79.0 Å². The molecule has 3 aliphatic rings. The van der Waals surface area contributed by atoms with Gasteiger partial charge in [-0.15, -0.1) is 0 Å². The summed E-state index contributed by atoms with van der Waals surface area (Å²) < 4.78 is 51.0. The molecule has 20 heteroatoms. The zero-order valence-corrected chi connectivity index (χ0v) is 65.7. The number of benzene rings is 8. The van der Waals surface area contributed by atoms with Crippen molar-refractivity contribution in [1.29, 1.82) is 0 Å². The Labute approximate surface area is 660 Å². The zero-order chi connectivity index (χ0) is 77.9. The van der Waals surface area contributed by atoms with Crippen LogP contribution in [0.4, 0.5) is 64.7 Å². The molecule has 0 saturated carbocycles. The molecule has 2 heterocycles. The van der Waals surface area contributed by atoms with Gasteiger partial charge in [0.05, 0.1) is 54.9 Å². The van der Waals surface area contributed by atoms with E-state index in [1.165, 1.54) is 51.4 Å². The van der Waals surface area contributed by atoms with Crippen LogP contribution < -0.4 is 80.4 Å². The van der Waals surface area contributed by atoms with Crippen molar-refractivity contribution in [3.8, 4) is 46.0 Å². The quantitative estimate of drug-likeness (QED) is 0.0768. The monoisotopic (exact) mass is 1520 g/mol. The third-order valence-electron chi connectivity index (χ3n) is 20.2. The minimum Gasteiger partial charge on any atom is -0.496 e. The first kappa shape index (κ1) is 81.7. The van der Waals surface area contributed by atoms with Gasteiger partial charge in [0.1, 0.15) is 46.0 Å². The van der Waals surface area contributed by atoms with Gasteiger partial charge in [0.15, 0.2) is 0 Å². The summed E-state index contributed by atoms with van der Waals surface area (Å²) in [5.74, 6) is 4.58. The van der Waals surface area contributed by atoms with Gasteiger partial charge < -0.3 is 80.4 Å². The average molecular weight is 1520 g/mol. The second-order valence-corrected chi connectivity index (χ2v) is 29.0. The fourth-order valence-electron chi connectivity index (χ4n) is 14.9. The van der Waals surface area contributed by atoms with Crippen molar-refractivity contribution in [3.05, 3.63) is 214 Å². The summed E-state index contributed by atoms with van der Waals surface area (Å²) in [6.45, 7) is 2.22. The van der Waals surface area contributed by atoms with Crippen molar-refractivity contribution in [1.82, 2.24) is 0 Å². The SMILES string of the molecule is COc1c2cc3cc1Cc1cc4cc(c1OC)Cc1cc(cc(c1OC)Cc1cc(cc(c1OC)C2)NC(=O)Nc1cccc(c1)OCCCCCCCC=CCCCCCCCOc1cccc(c1)NC(=O)N3)NC(=O)Nc1cccc(c1)OCCCCCCC/C=C/CCCCCCCOc1cccc(c1)NC(=O)N4. The Morgan fingerprint density at radius 3 is 0.625 bits per heavy atom. The summed E-state index contributed by atoms with van der Waals surface area (Å²) in [4.78, 5) is 58.0. The first-order valence-corrected chi connectivity index (χ1v) is 40.3. The molecule has 8 aromatic rings. The Hall–Kier alpha value is -11.3. The zero-order valence-electron chi connectivity index (χ0n) is 65.7. The largest absolute Gasteiger partial charge is 0.496 e. The van der Waals surface area contributed by atoms with Gasteiger partial charge in [-0.25, -0.2) is 19.2 Å². The highest BCUT2D eigenvalue weighted by Crippen LogP contribution is 2.43. The molecule has 0 fully saturated rings. The molecule has 2 aliphatic heterocycles. The molecule has 8 N–H and O–H groups in total. The van der Waals surface area contributed by atoms with Crippen molar-refractivity contribution in [2.45, 2.75) is 180 Å². The third-order valence-corrected chi connectivity index (χ3v) is 20.2.